The number of para-hydroxylation sites is 1. The van der Waals surface area contributed by atoms with Crippen molar-refractivity contribution in [3.63, 3.8) is 0 Å². The van der Waals surface area contributed by atoms with Crippen molar-refractivity contribution in [3.05, 3.63) is 191 Å². The van der Waals surface area contributed by atoms with Gasteiger partial charge in [-0.25, -0.2) is 4.98 Å². The van der Waals surface area contributed by atoms with E-state index in [1.165, 1.54) is 5.56 Å². The normalized spacial score (nSPS) is 13.2. The third kappa shape index (κ3) is 9.18. The van der Waals surface area contributed by atoms with E-state index in [1.807, 2.05) is 73.1 Å². The Labute approximate surface area is 416 Å². The van der Waals surface area contributed by atoms with Crippen molar-refractivity contribution in [2.75, 3.05) is 0 Å². The van der Waals surface area contributed by atoms with E-state index in [9.17, 15) is 10.6 Å². The maximum Gasteiger partial charge on any atom is 0.149 e. The lowest BCUT2D eigenvalue weighted by Gasteiger charge is -2.22. The van der Waals surface area contributed by atoms with E-state index in [1.54, 1.807) is 6.07 Å². The Bertz CT molecular complexity index is 3500. The number of nitrogens with zero attached hydrogens (tertiary/aromatic N) is 3. The van der Waals surface area contributed by atoms with Crippen molar-refractivity contribution in [3.8, 4) is 78.6 Å². The first kappa shape index (κ1) is 42.1. The summed E-state index contributed by atoms with van der Waals surface area (Å²) in [4.78, 5) is 10.5. The second-order valence-corrected chi connectivity index (χ2v) is 20.8. The summed E-state index contributed by atoms with van der Waals surface area (Å²) in [7, 11) is 0. The fourth-order valence-electron chi connectivity index (χ4n) is 9.68. The van der Waals surface area contributed by atoms with Crippen LogP contribution in [0, 0.1) is 6.85 Å². The van der Waals surface area contributed by atoms with Gasteiger partial charge in [-0.15, -0.1) is 0 Å². The lowest BCUT2D eigenvalue weighted by atomic mass is 9.83. The zero-order valence-corrected chi connectivity index (χ0v) is 42.0. The van der Waals surface area contributed by atoms with Crippen LogP contribution in [0.2, 0.25) is 0 Å². The zero-order chi connectivity index (χ0) is 52.3. The molecule has 69 heavy (non-hydrogen) atoms. The van der Waals surface area contributed by atoms with Crippen molar-refractivity contribution in [1.29, 1.82) is 0 Å². The Hall–Kier alpha value is -7.04. The number of pyridine rings is 1. The molecule has 0 unspecified atom stereocenters. The first-order valence-corrected chi connectivity index (χ1v) is 24.4. The number of phenols is 1. The molecule has 0 atom stereocenters. The largest absolute Gasteiger partial charge is 0.507 e. The molecule has 2 heterocycles. The number of phenolic OH excluding ortho intramolecular Hbond substituents is 1. The number of imidazole rings is 1. The van der Waals surface area contributed by atoms with Gasteiger partial charge in [0.2, 0.25) is 0 Å². The molecule has 0 amide bonds. The van der Waals surface area contributed by atoms with Crippen LogP contribution in [0.4, 0.5) is 0 Å². The van der Waals surface area contributed by atoms with Gasteiger partial charge < -0.3 is 5.11 Å². The molecule has 0 aliphatic rings. The first-order chi connectivity index (χ1) is 34.5. The average molecular weight is 910 g/mol. The summed E-state index contributed by atoms with van der Waals surface area (Å²) < 4.78 is 38.7. The summed E-state index contributed by atoms with van der Waals surface area (Å²) in [6.45, 7) is 20.5. The maximum atomic E-state index is 12.4. The molecule has 348 valence electrons. The van der Waals surface area contributed by atoms with Gasteiger partial charge in [-0.3, -0.25) is 9.55 Å². The molecule has 0 aliphatic heterocycles. The Morgan fingerprint density at radius 2 is 1.20 bits per heavy atom. The predicted molar refractivity (Wildman–Crippen MR) is 293 cm³/mol. The van der Waals surface area contributed by atoms with E-state index in [2.05, 4.69) is 159 Å². The van der Waals surface area contributed by atoms with Gasteiger partial charge in [0.05, 0.1) is 28.0 Å². The van der Waals surface area contributed by atoms with Crippen LogP contribution in [0.25, 0.3) is 83.9 Å². The lowest BCUT2D eigenvalue weighted by Crippen LogP contribution is -2.11. The topological polar surface area (TPSA) is 50.9 Å². The number of aromatic nitrogens is 3. The molecule has 0 spiro atoms. The van der Waals surface area contributed by atoms with Gasteiger partial charge in [-0.05, 0) is 157 Å². The minimum atomic E-state index is -2.56. The summed E-state index contributed by atoms with van der Waals surface area (Å²) in [6.07, 6.45) is 1.88. The van der Waals surface area contributed by atoms with E-state index < -0.39 is 12.7 Å². The van der Waals surface area contributed by atoms with Gasteiger partial charge in [-0.2, -0.15) is 0 Å². The van der Waals surface area contributed by atoms with Crippen LogP contribution in [0.5, 0.6) is 5.75 Å². The van der Waals surface area contributed by atoms with E-state index in [-0.39, 0.29) is 34.5 Å². The van der Waals surface area contributed by atoms with Gasteiger partial charge >= 0.3 is 0 Å². The second kappa shape index (κ2) is 18.8. The van der Waals surface area contributed by atoms with Crippen molar-refractivity contribution in [2.45, 2.75) is 112 Å². The molecule has 7 aromatic carbocycles. The molecular weight excluding hydrogens is 839 g/mol. The van der Waals surface area contributed by atoms with E-state index in [0.717, 1.165) is 78.0 Å². The third-order valence-electron chi connectivity index (χ3n) is 13.7. The Morgan fingerprint density at radius 3 is 1.87 bits per heavy atom. The minimum absolute atomic E-state index is 0.00103. The lowest BCUT2D eigenvalue weighted by molar-refractivity contribution is 0.466. The number of benzene rings is 7. The Kier molecular flexibility index (Phi) is 11.5. The maximum absolute atomic E-state index is 12.4. The fraction of sp³-hybridized carbons (Fsp3) is 0.262. The minimum Gasteiger partial charge on any atom is -0.507 e. The highest BCUT2D eigenvalue weighted by atomic mass is 16.3. The number of rotatable bonds is 11. The van der Waals surface area contributed by atoms with E-state index in [0.29, 0.717) is 28.1 Å². The van der Waals surface area contributed by atoms with Gasteiger partial charge in [0.15, 0.2) is 0 Å². The van der Waals surface area contributed by atoms with Crippen LogP contribution in [-0.4, -0.2) is 19.6 Å². The summed E-state index contributed by atoms with van der Waals surface area (Å²) in [6, 6.07) is 51.8. The highest BCUT2D eigenvalue weighted by Crippen LogP contribution is 2.45. The van der Waals surface area contributed by atoms with Crippen LogP contribution in [0.15, 0.2) is 158 Å². The van der Waals surface area contributed by atoms with Crippen molar-refractivity contribution in [1.82, 2.24) is 14.5 Å². The van der Waals surface area contributed by atoms with Crippen LogP contribution in [0.1, 0.15) is 139 Å². The number of aromatic hydroxyl groups is 1. The summed E-state index contributed by atoms with van der Waals surface area (Å²) in [5.74, 6) is -0.128. The van der Waals surface area contributed by atoms with Crippen LogP contribution in [-0.2, 0) is 5.41 Å². The smallest absolute Gasteiger partial charge is 0.149 e. The number of fused-ring (bicyclic) bond motifs is 1. The molecule has 0 radical (unpaired) electrons. The molecule has 0 saturated heterocycles. The third-order valence-corrected chi connectivity index (χ3v) is 13.7. The van der Waals surface area contributed by atoms with Gasteiger partial charge in [-0.1, -0.05) is 179 Å². The summed E-state index contributed by atoms with van der Waals surface area (Å²) >= 11 is 0. The van der Waals surface area contributed by atoms with Gasteiger partial charge in [0.25, 0.3) is 0 Å². The second-order valence-electron chi connectivity index (χ2n) is 20.8. The van der Waals surface area contributed by atoms with E-state index >= 15 is 0 Å². The summed E-state index contributed by atoms with van der Waals surface area (Å²) in [5, 5.41) is 12.4. The number of aryl methyl sites for hydroxylation is 1. The number of hydrogen-bond acceptors (Lipinski definition) is 3. The number of hydrogen-bond donors (Lipinski definition) is 1. The molecule has 9 rings (SSSR count). The van der Waals surface area contributed by atoms with E-state index in [4.69, 9.17) is 9.97 Å². The van der Waals surface area contributed by atoms with Gasteiger partial charge in [0.1, 0.15) is 11.6 Å². The predicted octanol–water partition coefficient (Wildman–Crippen LogP) is 18.2. The molecule has 1 N–H and O–H groups in total. The molecular formula is C65H67N3O. The van der Waals surface area contributed by atoms with Crippen molar-refractivity contribution in [2.24, 2.45) is 0 Å². The molecule has 0 saturated carbocycles. The van der Waals surface area contributed by atoms with Crippen LogP contribution < -0.4 is 0 Å². The Morgan fingerprint density at radius 1 is 0.551 bits per heavy atom. The molecule has 2 aromatic heterocycles. The van der Waals surface area contributed by atoms with Crippen LogP contribution >= 0.6 is 0 Å². The molecule has 4 heteroatoms. The SMILES string of the molecule is [2H]C([2H])([2H])c1cc(-c2c(C(C)C)cccc2C([2H])(C)C)ccc1-n1c(-c2cc(C(C)C)cc(C(C)C)c2O)nc2c(-c3cc(-c4cc(-c5ccc(-c6ccccc6)cc5)ccn4)cc(C(C)(C)C)c3)cccc21. The van der Waals surface area contributed by atoms with Crippen molar-refractivity contribution >= 4 is 11.0 Å². The summed E-state index contributed by atoms with van der Waals surface area (Å²) in [5.41, 5.74) is 16.8. The Balaban J connectivity index is 1.29. The molecule has 0 aliphatic carbocycles. The monoisotopic (exact) mass is 910 g/mol. The molecule has 9 aromatic rings. The van der Waals surface area contributed by atoms with Gasteiger partial charge in [0, 0.05) is 22.8 Å². The highest BCUT2D eigenvalue weighted by Gasteiger charge is 2.26. The molecule has 0 bridgehead atoms. The zero-order valence-electron chi connectivity index (χ0n) is 46.0. The van der Waals surface area contributed by atoms with Crippen molar-refractivity contribution < 1.29 is 10.6 Å². The standard InChI is InChI=1S/C65H67N3O/c1-39(2)49-36-56(42(7)8)63(69)57(37-49)64-67-62-55(22-17-23-60(62)68(64)59-29-28-48(32-43(59)9)61-53(40(3)4)20-16-21-54(61)41(5)6)50-33-51(35-52(34-50)65(10,11)12)58-38-47(30-31-66-58)46-26-24-45(25-27-46)44-18-14-13-15-19-44/h13-42,69H,1-12H3/i9D3,40D. The average Bonchev–Trinajstić information content (AvgIpc) is 3.75. The molecule has 4 nitrogen and oxygen atoms in total. The molecule has 0 fully saturated rings. The fourth-order valence-corrected chi connectivity index (χ4v) is 9.68. The quantitative estimate of drug-likeness (QED) is 0.141. The first-order valence-electron chi connectivity index (χ1n) is 26.4. The van der Waals surface area contributed by atoms with Crippen LogP contribution in [0.3, 0.4) is 0 Å². The highest BCUT2D eigenvalue weighted by molar-refractivity contribution is 5.97.